The van der Waals surface area contributed by atoms with Crippen LogP contribution in [0.25, 0.3) is 6.08 Å². The van der Waals surface area contributed by atoms with E-state index in [1.807, 2.05) is 18.2 Å². The van der Waals surface area contributed by atoms with Gasteiger partial charge in [0.15, 0.2) is 0 Å². The first-order valence-corrected chi connectivity index (χ1v) is 7.58. The summed E-state index contributed by atoms with van der Waals surface area (Å²) in [5, 5.41) is 3.28. The van der Waals surface area contributed by atoms with Gasteiger partial charge in [-0.15, -0.1) is 0 Å². The number of hydrogen-bond acceptors (Lipinski definition) is 4. The van der Waals surface area contributed by atoms with Gasteiger partial charge in [-0.05, 0) is 45.4 Å². The SMILES string of the molecule is CC1(C)OB(/C=C/c2ccnc(C3CNC3)c2)OC1(C)C. The van der Waals surface area contributed by atoms with E-state index in [1.54, 1.807) is 0 Å². The van der Waals surface area contributed by atoms with Crippen LogP contribution in [-0.2, 0) is 9.31 Å². The van der Waals surface area contributed by atoms with Crippen LogP contribution in [0.3, 0.4) is 0 Å². The van der Waals surface area contributed by atoms with Gasteiger partial charge in [0.1, 0.15) is 0 Å². The Morgan fingerprint density at radius 2 is 1.90 bits per heavy atom. The fourth-order valence-electron chi connectivity index (χ4n) is 2.45. The molecule has 1 aromatic heterocycles. The van der Waals surface area contributed by atoms with E-state index in [0.717, 1.165) is 24.3 Å². The molecule has 2 saturated heterocycles. The third-order valence-corrected chi connectivity index (χ3v) is 4.72. The first-order chi connectivity index (χ1) is 9.87. The third-order valence-electron chi connectivity index (χ3n) is 4.72. The summed E-state index contributed by atoms with van der Waals surface area (Å²) in [5.41, 5.74) is 1.72. The number of rotatable bonds is 3. The summed E-state index contributed by atoms with van der Waals surface area (Å²) in [7, 11) is -0.294. The highest BCUT2D eigenvalue weighted by molar-refractivity contribution is 6.52. The van der Waals surface area contributed by atoms with Crippen LogP contribution in [0.2, 0.25) is 0 Å². The fourth-order valence-corrected chi connectivity index (χ4v) is 2.45. The predicted molar refractivity (Wildman–Crippen MR) is 85.0 cm³/mol. The Hall–Kier alpha value is -1.17. The van der Waals surface area contributed by atoms with Crippen LogP contribution in [0.5, 0.6) is 0 Å². The maximum Gasteiger partial charge on any atom is 0.487 e. The Bertz CT molecular complexity index is 537. The van der Waals surface area contributed by atoms with Crippen LogP contribution in [0.15, 0.2) is 24.3 Å². The summed E-state index contributed by atoms with van der Waals surface area (Å²) in [6.45, 7) is 10.3. The lowest BCUT2D eigenvalue weighted by atomic mass is 9.89. The van der Waals surface area contributed by atoms with Crippen molar-refractivity contribution in [3.63, 3.8) is 0 Å². The molecule has 2 fully saturated rings. The molecule has 0 aromatic carbocycles. The fraction of sp³-hybridized carbons (Fsp3) is 0.562. The lowest BCUT2D eigenvalue weighted by Crippen LogP contribution is -2.41. The molecule has 3 heterocycles. The van der Waals surface area contributed by atoms with Crippen molar-refractivity contribution >= 4 is 13.2 Å². The minimum atomic E-state index is -0.294. The molecule has 0 unspecified atom stereocenters. The van der Waals surface area contributed by atoms with E-state index in [0.29, 0.717) is 5.92 Å². The van der Waals surface area contributed by atoms with Crippen molar-refractivity contribution in [2.24, 2.45) is 0 Å². The van der Waals surface area contributed by atoms with E-state index in [4.69, 9.17) is 9.31 Å². The average molecular weight is 286 g/mol. The van der Waals surface area contributed by atoms with Crippen molar-refractivity contribution in [2.75, 3.05) is 13.1 Å². The van der Waals surface area contributed by atoms with E-state index in [1.165, 1.54) is 0 Å². The molecule has 21 heavy (non-hydrogen) atoms. The normalized spacial score (nSPS) is 24.5. The van der Waals surface area contributed by atoms with E-state index in [2.05, 4.69) is 50.1 Å². The van der Waals surface area contributed by atoms with Gasteiger partial charge >= 0.3 is 7.12 Å². The van der Waals surface area contributed by atoms with Crippen LogP contribution in [0.1, 0.15) is 44.9 Å². The molecule has 4 nitrogen and oxygen atoms in total. The summed E-state index contributed by atoms with van der Waals surface area (Å²) >= 11 is 0. The van der Waals surface area contributed by atoms with E-state index >= 15 is 0 Å². The van der Waals surface area contributed by atoms with Crippen LogP contribution < -0.4 is 5.32 Å². The average Bonchev–Trinajstić information content (AvgIpc) is 2.54. The van der Waals surface area contributed by atoms with Crippen molar-refractivity contribution < 1.29 is 9.31 Å². The summed E-state index contributed by atoms with van der Waals surface area (Å²) in [6, 6.07) is 4.16. The lowest BCUT2D eigenvalue weighted by Gasteiger charge is -2.32. The molecule has 0 spiro atoms. The minimum Gasteiger partial charge on any atom is -0.400 e. The van der Waals surface area contributed by atoms with Crippen LogP contribution >= 0.6 is 0 Å². The predicted octanol–water partition coefficient (Wildman–Crippen LogP) is 2.41. The molecule has 2 aliphatic heterocycles. The van der Waals surface area contributed by atoms with Crippen LogP contribution in [-0.4, -0.2) is 36.4 Å². The maximum atomic E-state index is 5.96. The topological polar surface area (TPSA) is 43.4 Å². The zero-order valence-electron chi connectivity index (χ0n) is 13.2. The van der Waals surface area contributed by atoms with Crippen molar-refractivity contribution in [2.45, 2.75) is 44.8 Å². The Morgan fingerprint density at radius 3 is 2.48 bits per heavy atom. The summed E-state index contributed by atoms with van der Waals surface area (Å²) in [5.74, 6) is 2.53. The number of nitrogens with zero attached hydrogens (tertiary/aromatic N) is 1. The molecule has 0 amide bonds. The molecule has 1 aromatic rings. The second-order valence-corrected chi connectivity index (χ2v) is 6.85. The zero-order valence-corrected chi connectivity index (χ0v) is 13.2. The molecular weight excluding hydrogens is 263 g/mol. The number of hydrogen-bond donors (Lipinski definition) is 1. The third kappa shape index (κ3) is 2.91. The lowest BCUT2D eigenvalue weighted by molar-refractivity contribution is 0.00578. The van der Waals surface area contributed by atoms with Crippen molar-refractivity contribution in [3.8, 4) is 0 Å². The van der Waals surface area contributed by atoms with Crippen LogP contribution in [0, 0.1) is 0 Å². The van der Waals surface area contributed by atoms with Gasteiger partial charge in [0.05, 0.1) is 11.2 Å². The Kier molecular flexibility index (Phi) is 3.68. The molecule has 3 rings (SSSR count). The molecule has 112 valence electrons. The number of pyridine rings is 1. The first kappa shape index (κ1) is 14.8. The highest BCUT2D eigenvalue weighted by Gasteiger charge is 2.49. The molecule has 2 aliphatic rings. The van der Waals surface area contributed by atoms with Gasteiger partial charge in [0.2, 0.25) is 0 Å². The van der Waals surface area contributed by atoms with Gasteiger partial charge in [0.25, 0.3) is 0 Å². The van der Waals surface area contributed by atoms with Gasteiger partial charge in [-0.3, -0.25) is 4.98 Å². The monoisotopic (exact) mass is 286 g/mol. The second-order valence-electron chi connectivity index (χ2n) is 6.85. The Morgan fingerprint density at radius 1 is 1.24 bits per heavy atom. The Balaban J connectivity index is 1.69. The van der Waals surface area contributed by atoms with Gasteiger partial charge in [0, 0.05) is 30.9 Å². The molecule has 0 saturated carbocycles. The minimum absolute atomic E-state index is 0.289. The summed E-state index contributed by atoms with van der Waals surface area (Å²) < 4.78 is 11.9. The molecule has 0 aliphatic carbocycles. The van der Waals surface area contributed by atoms with Gasteiger partial charge in [-0.1, -0.05) is 12.1 Å². The molecule has 0 atom stereocenters. The molecule has 0 bridgehead atoms. The van der Waals surface area contributed by atoms with Gasteiger partial charge in [-0.2, -0.15) is 0 Å². The van der Waals surface area contributed by atoms with E-state index < -0.39 is 0 Å². The van der Waals surface area contributed by atoms with Crippen molar-refractivity contribution in [1.29, 1.82) is 0 Å². The number of nitrogens with one attached hydrogen (secondary N) is 1. The standard InChI is InChI=1S/C16H23BN2O2/c1-15(2)16(3,4)21-17(20-15)7-5-12-6-8-19-14(9-12)13-10-18-11-13/h5-9,13,18H,10-11H2,1-4H3/b7-5+. The molecule has 0 radical (unpaired) electrons. The largest absolute Gasteiger partial charge is 0.487 e. The zero-order chi connectivity index (χ0) is 15.1. The molecule has 1 N–H and O–H groups in total. The quantitative estimate of drug-likeness (QED) is 0.867. The number of aromatic nitrogens is 1. The summed E-state index contributed by atoms with van der Waals surface area (Å²) in [4.78, 5) is 4.45. The van der Waals surface area contributed by atoms with Crippen molar-refractivity contribution in [1.82, 2.24) is 10.3 Å². The van der Waals surface area contributed by atoms with Gasteiger partial charge < -0.3 is 14.6 Å². The van der Waals surface area contributed by atoms with Gasteiger partial charge in [-0.25, -0.2) is 0 Å². The first-order valence-electron chi connectivity index (χ1n) is 7.58. The molecule has 5 heteroatoms. The van der Waals surface area contributed by atoms with E-state index in [9.17, 15) is 0 Å². The summed E-state index contributed by atoms with van der Waals surface area (Å²) in [6.07, 6.45) is 3.93. The maximum absolute atomic E-state index is 5.96. The van der Waals surface area contributed by atoms with E-state index in [-0.39, 0.29) is 18.3 Å². The highest BCUT2D eigenvalue weighted by Crippen LogP contribution is 2.37. The molecular formula is C16H23BN2O2. The second kappa shape index (κ2) is 5.23. The van der Waals surface area contributed by atoms with Crippen LogP contribution in [0.4, 0.5) is 0 Å². The highest BCUT2D eigenvalue weighted by atomic mass is 16.7. The van der Waals surface area contributed by atoms with Crippen molar-refractivity contribution in [3.05, 3.63) is 35.6 Å². The Labute approximate surface area is 127 Å². The smallest absolute Gasteiger partial charge is 0.400 e.